The van der Waals surface area contributed by atoms with Crippen LogP contribution >= 0.6 is 0 Å². The number of nitrogens with one attached hydrogen (secondary N) is 1. The van der Waals surface area contributed by atoms with Crippen molar-refractivity contribution in [2.24, 2.45) is 0 Å². The van der Waals surface area contributed by atoms with Gasteiger partial charge in [-0.2, -0.15) is 5.26 Å². The molecule has 24 heavy (non-hydrogen) atoms. The number of carbonyl (C=O) groups is 1. The van der Waals surface area contributed by atoms with Crippen molar-refractivity contribution in [1.29, 1.82) is 5.26 Å². The number of hydrogen-bond acceptors (Lipinski definition) is 4. The van der Waals surface area contributed by atoms with E-state index in [-0.39, 0.29) is 5.57 Å². The van der Waals surface area contributed by atoms with E-state index in [4.69, 9.17) is 9.47 Å². The minimum atomic E-state index is -0.479. The highest BCUT2D eigenvalue weighted by atomic mass is 16.5. The van der Waals surface area contributed by atoms with Crippen LogP contribution in [0.15, 0.2) is 48.0 Å². The van der Waals surface area contributed by atoms with Crippen LogP contribution in [-0.2, 0) is 4.79 Å². The highest BCUT2D eigenvalue weighted by molar-refractivity contribution is 6.09. The van der Waals surface area contributed by atoms with Crippen LogP contribution in [0.1, 0.15) is 11.1 Å². The third-order valence-corrected chi connectivity index (χ3v) is 3.37. The lowest BCUT2D eigenvalue weighted by molar-refractivity contribution is -0.112. The van der Waals surface area contributed by atoms with E-state index in [1.807, 2.05) is 31.2 Å². The fraction of sp³-hybridized carbons (Fsp3) is 0.158. The van der Waals surface area contributed by atoms with Crippen molar-refractivity contribution >= 4 is 17.7 Å². The molecule has 0 aromatic heterocycles. The van der Waals surface area contributed by atoms with Crippen molar-refractivity contribution < 1.29 is 14.3 Å². The normalized spacial score (nSPS) is 10.7. The second-order valence-corrected chi connectivity index (χ2v) is 5.08. The lowest BCUT2D eigenvalue weighted by Gasteiger charge is -2.10. The molecule has 0 aliphatic rings. The molecule has 0 saturated heterocycles. The van der Waals surface area contributed by atoms with E-state index in [1.54, 1.807) is 24.3 Å². The lowest BCUT2D eigenvalue weighted by Crippen LogP contribution is -2.13. The van der Waals surface area contributed by atoms with Crippen LogP contribution < -0.4 is 14.8 Å². The number of ether oxygens (including phenoxy) is 2. The fourth-order valence-corrected chi connectivity index (χ4v) is 2.25. The third-order valence-electron chi connectivity index (χ3n) is 3.37. The van der Waals surface area contributed by atoms with Crippen molar-refractivity contribution in [3.63, 3.8) is 0 Å². The molecule has 5 heteroatoms. The highest BCUT2D eigenvalue weighted by Gasteiger charge is 2.13. The zero-order chi connectivity index (χ0) is 17.5. The van der Waals surface area contributed by atoms with Gasteiger partial charge in [0.05, 0.1) is 14.2 Å². The summed E-state index contributed by atoms with van der Waals surface area (Å²) in [5.41, 5.74) is 2.22. The molecule has 0 spiro atoms. The number of carbonyl (C=O) groups excluding carboxylic acids is 1. The Morgan fingerprint density at radius 3 is 2.54 bits per heavy atom. The second-order valence-electron chi connectivity index (χ2n) is 5.08. The van der Waals surface area contributed by atoms with Gasteiger partial charge in [0.1, 0.15) is 11.6 Å². The summed E-state index contributed by atoms with van der Waals surface area (Å²) in [6, 6.07) is 14.6. The first kappa shape index (κ1) is 17.1. The molecule has 2 aromatic carbocycles. The molecule has 2 rings (SSSR count). The Balaban J connectivity index is 2.33. The Morgan fingerprint density at radius 2 is 1.92 bits per heavy atom. The number of anilines is 1. The zero-order valence-electron chi connectivity index (χ0n) is 13.8. The first-order valence-electron chi connectivity index (χ1n) is 7.30. The van der Waals surface area contributed by atoms with Crippen LogP contribution in [-0.4, -0.2) is 20.1 Å². The first-order valence-corrected chi connectivity index (χ1v) is 7.30. The number of rotatable bonds is 5. The number of para-hydroxylation sites is 1. The Hall–Kier alpha value is -3.26. The summed E-state index contributed by atoms with van der Waals surface area (Å²) in [5, 5.41) is 12.0. The standard InChI is InChI=1S/C19H18N2O3/c1-13-6-4-8-16(10-13)21-19(22)15(12-20)11-14-7-5-9-17(23-2)18(14)24-3/h4-11H,1-3H3,(H,21,22)/b15-11-. The molecule has 1 N–H and O–H groups in total. The molecular weight excluding hydrogens is 304 g/mol. The molecule has 0 saturated carbocycles. The van der Waals surface area contributed by atoms with Crippen molar-refractivity contribution in [3.8, 4) is 17.6 Å². The van der Waals surface area contributed by atoms with Gasteiger partial charge in [-0.15, -0.1) is 0 Å². The molecule has 0 unspecified atom stereocenters. The van der Waals surface area contributed by atoms with Crippen LogP contribution in [0, 0.1) is 18.3 Å². The van der Waals surface area contributed by atoms with Crippen LogP contribution in [0.3, 0.4) is 0 Å². The average molecular weight is 322 g/mol. The minimum absolute atomic E-state index is 0.0249. The summed E-state index contributed by atoms with van der Waals surface area (Å²) < 4.78 is 10.5. The molecule has 0 aliphatic heterocycles. The molecule has 2 aromatic rings. The maximum Gasteiger partial charge on any atom is 0.266 e. The van der Waals surface area contributed by atoms with Crippen LogP contribution in [0.2, 0.25) is 0 Å². The molecule has 0 bridgehead atoms. The van der Waals surface area contributed by atoms with Gasteiger partial charge in [-0.1, -0.05) is 24.3 Å². The van der Waals surface area contributed by atoms with Gasteiger partial charge in [0.2, 0.25) is 0 Å². The van der Waals surface area contributed by atoms with Crippen LogP contribution in [0.4, 0.5) is 5.69 Å². The van der Waals surface area contributed by atoms with Gasteiger partial charge in [0.15, 0.2) is 11.5 Å². The molecular formula is C19H18N2O3. The molecule has 0 aliphatic carbocycles. The Kier molecular flexibility index (Phi) is 5.58. The Labute approximate surface area is 141 Å². The SMILES string of the molecule is COc1cccc(/C=C(/C#N)C(=O)Nc2cccc(C)c2)c1OC. The van der Waals surface area contributed by atoms with Gasteiger partial charge in [0.25, 0.3) is 5.91 Å². The Morgan fingerprint density at radius 1 is 1.17 bits per heavy atom. The second kappa shape index (κ2) is 7.84. The molecule has 0 heterocycles. The zero-order valence-corrected chi connectivity index (χ0v) is 13.8. The summed E-state index contributed by atoms with van der Waals surface area (Å²) >= 11 is 0. The van der Waals surface area contributed by atoms with E-state index in [2.05, 4.69) is 5.32 Å². The summed E-state index contributed by atoms with van der Waals surface area (Å²) in [4.78, 5) is 12.3. The smallest absolute Gasteiger partial charge is 0.266 e. The molecule has 0 atom stereocenters. The number of hydrogen-bond donors (Lipinski definition) is 1. The first-order chi connectivity index (χ1) is 11.6. The van der Waals surface area contributed by atoms with Gasteiger partial charge < -0.3 is 14.8 Å². The average Bonchev–Trinajstić information content (AvgIpc) is 2.59. The third kappa shape index (κ3) is 3.93. The van der Waals surface area contributed by atoms with Gasteiger partial charge >= 0.3 is 0 Å². The molecule has 0 fully saturated rings. The van der Waals surface area contributed by atoms with Gasteiger partial charge in [-0.25, -0.2) is 0 Å². The van der Waals surface area contributed by atoms with E-state index in [9.17, 15) is 10.1 Å². The predicted octanol–water partition coefficient (Wildman–Crippen LogP) is 3.56. The molecule has 0 radical (unpaired) electrons. The van der Waals surface area contributed by atoms with E-state index >= 15 is 0 Å². The summed E-state index contributed by atoms with van der Waals surface area (Å²) in [7, 11) is 3.04. The van der Waals surface area contributed by atoms with Crippen molar-refractivity contribution in [2.75, 3.05) is 19.5 Å². The van der Waals surface area contributed by atoms with Crippen molar-refractivity contribution in [3.05, 3.63) is 59.2 Å². The van der Waals surface area contributed by atoms with Crippen molar-refractivity contribution in [2.45, 2.75) is 6.92 Å². The number of amides is 1. The predicted molar refractivity (Wildman–Crippen MR) is 92.9 cm³/mol. The van der Waals surface area contributed by atoms with E-state index < -0.39 is 5.91 Å². The number of methoxy groups -OCH3 is 2. The van der Waals surface area contributed by atoms with Gasteiger partial charge in [-0.3, -0.25) is 4.79 Å². The molecule has 122 valence electrons. The van der Waals surface area contributed by atoms with Crippen LogP contribution in [0.25, 0.3) is 6.08 Å². The van der Waals surface area contributed by atoms with Crippen molar-refractivity contribution in [1.82, 2.24) is 0 Å². The topological polar surface area (TPSA) is 71.3 Å². The van der Waals surface area contributed by atoms with Gasteiger partial charge in [-0.05, 0) is 36.8 Å². The maximum absolute atomic E-state index is 12.3. The molecule has 5 nitrogen and oxygen atoms in total. The van der Waals surface area contributed by atoms with E-state index in [1.165, 1.54) is 20.3 Å². The summed E-state index contributed by atoms with van der Waals surface area (Å²) in [5.74, 6) is 0.520. The molecule has 1 amide bonds. The quantitative estimate of drug-likeness (QED) is 0.675. The monoisotopic (exact) mass is 322 g/mol. The summed E-state index contributed by atoms with van der Waals surface area (Å²) in [6.45, 7) is 1.93. The van der Waals surface area contributed by atoms with E-state index in [0.29, 0.717) is 22.7 Å². The lowest BCUT2D eigenvalue weighted by atomic mass is 10.1. The van der Waals surface area contributed by atoms with Crippen LogP contribution in [0.5, 0.6) is 11.5 Å². The number of aryl methyl sites for hydroxylation is 1. The summed E-state index contributed by atoms with van der Waals surface area (Å²) in [6.07, 6.45) is 1.48. The number of benzene rings is 2. The maximum atomic E-state index is 12.3. The highest BCUT2D eigenvalue weighted by Crippen LogP contribution is 2.32. The number of nitriles is 1. The number of nitrogens with zero attached hydrogens (tertiary/aromatic N) is 1. The minimum Gasteiger partial charge on any atom is -0.493 e. The Bertz CT molecular complexity index is 820. The van der Waals surface area contributed by atoms with E-state index in [0.717, 1.165) is 5.56 Å². The fourth-order valence-electron chi connectivity index (χ4n) is 2.25. The van der Waals surface area contributed by atoms with Gasteiger partial charge in [0, 0.05) is 11.3 Å². The largest absolute Gasteiger partial charge is 0.493 e.